The molecule has 0 aliphatic heterocycles. The van der Waals surface area contributed by atoms with Crippen molar-refractivity contribution in [2.75, 3.05) is 19.3 Å². The fraction of sp³-hybridized carbons (Fsp3) is 0.500. The Morgan fingerprint density at radius 1 is 1.22 bits per heavy atom. The Hall–Kier alpha value is -0.430. The van der Waals surface area contributed by atoms with E-state index in [9.17, 15) is 8.42 Å². The summed E-state index contributed by atoms with van der Waals surface area (Å²) in [6, 6.07) is 8.52. The van der Waals surface area contributed by atoms with Crippen LogP contribution >= 0.6 is 15.9 Å². The van der Waals surface area contributed by atoms with E-state index >= 15 is 0 Å². The number of rotatable bonds is 7. The maximum Gasteiger partial charge on any atom is 0.208 e. The van der Waals surface area contributed by atoms with Gasteiger partial charge in [0.15, 0.2) is 0 Å². The van der Waals surface area contributed by atoms with Gasteiger partial charge in [-0.3, -0.25) is 0 Å². The lowest BCUT2D eigenvalue weighted by Crippen LogP contribution is -2.36. The molecule has 0 spiro atoms. The molecule has 0 heterocycles. The SMILES string of the molecule is CC(Cc1ccc(Br)cc1)NCCNS(C)(=O)=O. The van der Waals surface area contributed by atoms with Crippen LogP contribution in [-0.2, 0) is 16.4 Å². The van der Waals surface area contributed by atoms with Gasteiger partial charge < -0.3 is 5.32 Å². The average Bonchev–Trinajstić information content (AvgIpc) is 2.26. The summed E-state index contributed by atoms with van der Waals surface area (Å²) in [7, 11) is -3.08. The van der Waals surface area contributed by atoms with Crippen LogP contribution in [0, 0.1) is 0 Å². The van der Waals surface area contributed by atoms with E-state index in [-0.39, 0.29) is 0 Å². The number of nitrogens with one attached hydrogen (secondary N) is 2. The van der Waals surface area contributed by atoms with Crippen molar-refractivity contribution in [1.82, 2.24) is 10.0 Å². The Morgan fingerprint density at radius 3 is 2.39 bits per heavy atom. The van der Waals surface area contributed by atoms with Crippen LogP contribution in [0.1, 0.15) is 12.5 Å². The topological polar surface area (TPSA) is 58.2 Å². The Morgan fingerprint density at radius 2 is 1.83 bits per heavy atom. The summed E-state index contributed by atoms with van der Waals surface area (Å²) in [4.78, 5) is 0. The van der Waals surface area contributed by atoms with Gasteiger partial charge in [0.2, 0.25) is 10.0 Å². The third-order valence-electron chi connectivity index (χ3n) is 2.44. The van der Waals surface area contributed by atoms with E-state index in [0.717, 1.165) is 17.1 Å². The lowest BCUT2D eigenvalue weighted by atomic mass is 10.1. The minimum absolute atomic E-state index is 0.313. The molecular weight excluding hydrogens is 316 g/mol. The number of sulfonamides is 1. The number of hydrogen-bond acceptors (Lipinski definition) is 3. The highest BCUT2D eigenvalue weighted by Gasteiger charge is 2.04. The molecule has 18 heavy (non-hydrogen) atoms. The monoisotopic (exact) mass is 334 g/mol. The second-order valence-electron chi connectivity index (χ2n) is 4.35. The van der Waals surface area contributed by atoms with Crippen LogP contribution in [0.15, 0.2) is 28.7 Å². The molecule has 1 atom stereocenters. The first-order valence-corrected chi connectivity index (χ1v) is 8.48. The van der Waals surface area contributed by atoms with E-state index in [1.807, 2.05) is 12.1 Å². The van der Waals surface area contributed by atoms with Crippen molar-refractivity contribution in [1.29, 1.82) is 0 Å². The van der Waals surface area contributed by atoms with E-state index < -0.39 is 10.0 Å². The van der Waals surface area contributed by atoms with Crippen LogP contribution in [0.5, 0.6) is 0 Å². The molecular formula is C12H19BrN2O2S. The number of hydrogen-bond donors (Lipinski definition) is 2. The smallest absolute Gasteiger partial charge is 0.208 e. The van der Waals surface area contributed by atoms with Gasteiger partial charge in [-0.25, -0.2) is 13.1 Å². The van der Waals surface area contributed by atoms with Crippen molar-refractivity contribution in [2.45, 2.75) is 19.4 Å². The summed E-state index contributed by atoms with van der Waals surface area (Å²) in [6.07, 6.45) is 2.09. The van der Waals surface area contributed by atoms with E-state index in [4.69, 9.17) is 0 Å². The predicted molar refractivity (Wildman–Crippen MR) is 78.2 cm³/mol. The van der Waals surface area contributed by atoms with Gasteiger partial charge in [-0.1, -0.05) is 28.1 Å². The lowest BCUT2D eigenvalue weighted by Gasteiger charge is -2.14. The molecule has 1 aromatic carbocycles. The van der Waals surface area contributed by atoms with E-state index in [0.29, 0.717) is 19.1 Å². The van der Waals surface area contributed by atoms with E-state index in [1.165, 1.54) is 5.56 Å². The summed E-state index contributed by atoms with van der Waals surface area (Å²) in [6.45, 7) is 3.14. The molecule has 1 unspecified atom stereocenters. The van der Waals surface area contributed by atoms with Crippen molar-refractivity contribution < 1.29 is 8.42 Å². The van der Waals surface area contributed by atoms with Gasteiger partial charge in [0.1, 0.15) is 0 Å². The zero-order chi connectivity index (χ0) is 13.6. The molecule has 0 bridgehead atoms. The van der Waals surface area contributed by atoms with Gasteiger partial charge in [-0.2, -0.15) is 0 Å². The first-order valence-electron chi connectivity index (χ1n) is 5.79. The minimum Gasteiger partial charge on any atom is -0.313 e. The first kappa shape index (κ1) is 15.6. The molecule has 0 aromatic heterocycles. The molecule has 0 fully saturated rings. The Labute approximate surface area is 117 Å². The zero-order valence-electron chi connectivity index (χ0n) is 10.6. The molecule has 0 aliphatic carbocycles. The van der Waals surface area contributed by atoms with Crippen molar-refractivity contribution in [2.24, 2.45) is 0 Å². The molecule has 0 radical (unpaired) electrons. The summed E-state index contributed by atoms with van der Waals surface area (Å²) in [5, 5.41) is 3.28. The van der Waals surface area contributed by atoms with Crippen LogP contribution in [0.25, 0.3) is 0 Å². The standard InChI is InChI=1S/C12H19BrN2O2S/c1-10(14-7-8-15-18(2,16)17)9-11-3-5-12(13)6-4-11/h3-6,10,14-15H,7-9H2,1-2H3. The van der Waals surface area contributed by atoms with Crippen molar-refractivity contribution in [3.05, 3.63) is 34.3 Å². The first-order chi connectivity index (χ1) is 8.37. The number of benzene rings is 1. The van der Waals surface area contributed by atoms with Gasteiger partial charge in [0.05, 0.1) is 6.26 Å². The maximum absolute atomic E-state index is 10.9. The molecule has 0 amide bonds. The summed E-state index contributed by atoms with van der Waals surface area (Å²) >= 11 is 3.40. The molecule has 6 heteroatoms. The van der Waals surface area contributed by atoms with E-state index in [1.54, 1.807) is 0 Å². The Bertz CT molecular complexity index is 459. The number of halogens is 1. The van der Waals surface area contributed by atoms with Gasteiger partial charge in [0, 0.05) is 23.6 Å². The van der Waals surface area contributed by atoms with Crippen molar-refractivity contribution in [3.63, 3.8) is 0 Å². The highest BCUT2D eigenvalue weighted by atomic mass is 79.9. The summed E-state index contributed by atoms with van der Waals surface area (Å²) < 4.78 is 25.2. The summed E-state index contributed by atoms with van der Waals surface area (Å²) in [5.74, 6) is 0. The fourth-order valence-corrected chi connectivity index (χ4v) is 2.34. The largest absolute Gasteiger partial charge is 0.313 e. The van der Waals surface area contributed by atoms with Crippen molar-refractivity contribution in [3.8, 4) is 0 Å². The highest BCUT2D eigenvalue weighted by molar-refractivity contribution is 9.10. The van der Waals surface area contributed by atoms with Crippen LogP contribution < -0.4 is 10.0 Å². The molecule has 0 saturated heterocycles. The molecule has 0 saturated carbocycles. The molecule has 102 valence electrons. The Balaban J connectivity index is 2.25. The Kier molecular flexibility index (Phi) is 6.28. The van der Waals surface area contributed by atoms with Gasteiger partial charge in [-0.05, 0) is 31.0 Å². The van der Waals surface area contributed by atoms with Crippen LogP contribution in [0.3, 0.4) is 0 Å². The summed E-state index contributed by atoms with van der Waals surface area (Å²) in [5.41, 5.74) is 1.26. The average molecular weight is 335 g/mol. The second kappa shape index (κ2) is 7.23. The maximum atomic E-state index is 10.9. The van der Waals surface area contributed by atoms with Crippen molar-refractivity contribution >= 4 is 26.0 Å². The molecule has 4 nitrogen and oxygen atoms in total. The van der Waals surface area contributed by atoms with E-state index in [2.05, 4.69) is 45.0 Å². The van der Waals surface area contributed by atoms with Gasteiger partial charge in [-0.15, -0.1) is 0 Å². The molecule has 2 N–H and O–H groups in total. The predicted octanol–water partition coefficient (Wildman–Crippen LogP) is 1.52. The third-order valence-corrected chi connectivity index (χ3v) is 3.69. The minimum atomic E-state index is -3.08. The van der Waals surface area contributed by atoms with Crippen LogP contribution in [0.4, 0.5) is 0 Å². The van der Waals surface area contributed by atoms with Crippen LogP contribution in [0.2, 0.25) is 0 Å². The third kappa shape index (κ3) is 7.10. The zero-order valence-corrected chi connectivity index (χ0v) is 13.0. The highest BCUT2D eigenvalue weighted by Crippen LogP contribution is 2.11. The fourth-order valence-electron chi connectivity index (χ4n) is 1.60. The van der Waals surface area contributed by atoms with Gasteiger partial charge in [0.25, 0.3) is 0 Å². The lowest BCUT2D eigenvalue weighted by molar-refractivity contribution is 0.538. The molecule has 0 aliphatic rings. The molecule has 1 rings (SSSR count). The normalized spacial score (nSPS) is 13.5. The quantitative estimate of drug-likeness (QED) is 0.743. The molecule has 1 aromatic rings. The van der Waals surface area contributed by atoms with Crippen LogP contribution in [-0.4, -0.2) is 33.8 Å². The van der Waals surface area contributed by atoms with Gasteiger partial charge >= 0.3 is 0 Å². The second-order valence-corrected chi connectivity index (χ2v) is 7.10.